The number of benzene rings is 1. The van der Waals surface area contributed by atoms with Crippen molar-refractivity contribution in [3.8, 4) is 5.75 Å². The van der Waals surface area contributed by atoms with E-state index in [9.17, 15) is 9.90 Å². The van der Waals surface area contributed by atoms with Gasteiger partial charge in [-0.1, -0.05) is 6.07 Å². The van der Waals surface area contributed by atoms with Crippen LogP contribution in [-0.4, -0.2) is 10.9 Å². The summed E-state index contributed by atoms with van der Waals surface area (Å²) in [6, 6.07) is 5.84. The third kappa shape index (κ3) is 1.58. The Morgan fingerprint density at radius 1 is 1.16 bits per heavy atom. The van der Waals surface area contributed by atoms with Crippen LogP contribution >= 0.6 is 0 Å². The van der Waals surface area contributed by atoms with Gasteiger partial charge in [0, 0.05) is 11.8 Å². The second-order valence-corrected chi connectivity index (χ2v) is 6.73. The number of carbonyl (C=O) groups excluding carboxylic acids is 1. The van der Waals surface area contributed by atoms with Gasteiger partial charge >= 0.3 is 0 Å². The van der Waals surface area contributed by atoms with Gasteiger partial charge in [0.25, 0.3) is 0 Å². The Hall–Kier alpha value is -1.31. The van der Waals surface area contributed by atoms with Crippen molar-refractivity contribution >= 4 is 5.78 Å². The zero-order valence-corrected chi connectivity index (χ0v) is 11.2. The first-order valence-corrected chi connectivity index (χ1v) is 7.53. The molecule has 3 aliphatic carbocycles. The summed E-state index contributed by atoms with van der Waals surface area (Å²) < 4.78 is 0. The van der Waals surface area contributed by atoms with E-state index in [1.807, 2.05) is 12.1 Å². The predicted molar refractivity (Wildman–Crippen MR) is 73.2 cm³/mol. The van der Waals surface area contributed by atoms with E-state index in [0.717, 1.165) is 38.0 Å². The Kier molecular flexibility index (Phi) is 2.33. The molecule has 1 aromatic rings. The number of phenols is 1. The smallest absolute Gasteiger partial charge is 0.139 e. The van der Waals surface area contributed by atoms with Crippen LogP contribution in [0.5, 0.6) is 5.75 Å². The molecule has 0 saturated heterocycles. The van der Waals surface area contributed by atoms with Gasteiger partial charge < -0.3 is 5.11 Å². The first kappa shape index (κ1) is 11.5. The highest BCUT2D eigenvalue weighted by atomic mass is 16.3. The number of hydrogen-bond acceptors (Lipinski definition) is 2. The lowest BCUT2D eigenvalue weighted by Crippen LogP contribution is -2.46. The zero-order chi connectivity index (χ0) is 13.0. The summed E-state index contributed by atoms with van der Waals surface area (Å²) >= 11 is 0. The number of aromatic hydroxyl groups is 1. The van der Waals surface area contributed by atoms with Gasteiger partial charge in [-0.05, 0) is 73.6 Å². The number of fused-ring (bicyclic) bond motifs is 3. The average Bonchev–Trinajstić information content (AvgIpc) is 2.44. The number of carbonyl (C=O) groups is 1. The van der Waals surface area contributed by atoms with Crippen molar-refractivity contribution in [3.05, 3.63) is 29.3 Å². The lowest BCUT2D eigenvalue weighted by Gasteiger charge is -2.50. The fourth-order valence-corrected chi connectivity index (χ4v) is 4.63. The Bertz CT molecular complexity index is 548. The van der Waals surface area contributed by atoms with E-state index in [-0.39, 0.29) is 5.41 Å². The normalized spacial score (nSPS) is 36.5. The maximum Gasteiger partial charge on any atom is 0.139 e. The summed E-state index contributed by atoms with van der Waals surface area (Å²) in [5, 5.41) is 9.63. The van der Waals surface area contributed by atoms with Gasteiger partial charge in [-0.2, -0.15) is 0 Å². The molecule has 3 aliphatic rings. The van der Waals surface area contributed by atoms with Gasteiger partial charge in [-0.3, -0.25) is 4.79 Å². The van der Waals surface area contributed by atoms with Crippen LogP contribution < -0.4 is 0 Å². The van der Waals surface area contributed by atoms with Crippen LogP contribution in [0.2, 0.25) is 0 Å². The van der Waals surface area contributed by atoms with Gasteiger partial charge in [0.1, 0.15) is 11.5 Å². The standard InChI is InChI=1S/C17H20O2/c18-13-3-4-14-12(9-13)2-1-11-5-7-17(10-15(11)14)8-6-16(17)19/h3-4,9,11,15,18H,1-2,5-8,10H2/t11?,15?,17-/m0/s1. The molecule has 2 heteroatoms. The van der Waals surface area contributed by atoms with Crippen LogP contribution in [-0.2, 0) is 11.2 Å². The lowest BCUT2D eigenvalue weighted by molar-refractivity contribution is -0.142. The van der Waals surface area contributed by atoms with Crippen molar-refractivity contribution < 1.29 is 9.90 Å². The number of rotatable bonds is 0. The second kappa shape index (κ2) is 3.84. The minimum Gasteiger partial charge on any atom is -0.508 e. The number of aryl methyl sites for hydroxylation is 1. The minimum atomic E-state index is 0.0354. The second-order valence-electron chi connectivity index (χ2n) is 6.73. The third-order valence-electron chi connectivity index (χ3n) is 5.91. The summed E-state index contributed by atoms with van der Waals surface area (Å²) in [4.78, 5) is 12.0. The van der Waals surface area contributed by atoms with Gasteiger partial charge in [-0.25, -0.2) is 0 Å². The summed E-state index contributed by atoms with van der Waals surface area (Å²) in [5.41, 5.74) is 2.76. The van der Waals surface area contributed by atoms with Crippen LogP contribution in [0.1, 0.15) is 55.6 Å². The summed E-state index contributed by atoms with van der Waals surface area (Å²) in [5.74, 6) is 2.21. The Morgan fingerprint density at radius 2 is 2.05 bits per heavy atom. The largest absolute Gasteiger partial charge is 0.508 e. The fraction of sp³-hybridized carbons (Fsp3) is 0.588. The van der Waals surface area contributed by atoms with E-state index in [1.165, 1.54) is 24.0 Å². The first-order valence-electron chi connectivity index (χ1n) is 7.53. The number of hydrogen-bond donors (Lipinski definition) is 1. The highest BCUT2D eigenvalue weighted by molar-refractivity contribution is 5.90. The molecule has 0 aliphatic heterocycles. The maximum atomic E-state index is 12.0. The van der Waals surface area contributed by atoms with E-state index in [4.69, 9.17) is 0 Å². The van der Waals surface area contributed by atoms with Gasteiger partial charge in [0.15, 0.2) is 0 Å². The summed E-state index contributed by atoms with van der Waals surface area (Å²) in [6.45, 7) is 0. The van der Waals surface area contributed by atoms with E-state index < -0.39 is 0 Å². The fourth-order valence-electron chi connectivity index (χ4n) is 4.63. The highest BCUT2D eigenvalue weighted by Crippen LogP contribution is 2.57. The average molecular weight is 256 g/mol. The molecule has 0 heterocycles. The molecule has 1 spiro atoms. The van der Waals surface area contributed by atoms with E-state index in [0.29, 0.717) is 17.5 Å². The predicted octanol–water partition coefficient (Wildman–Crippen LogP) is 3.57. The molecule has 19 heavy (non-hydrogen) atoms. The maximum absolute atomic E-state index is 12.0. The lowest BCUT2D eigenvalue weighted by atomic mass is 9.52. The molecule has 0 radical (unpaired) electrons. The van der Waals surface area contributed by atoms with Crippen molar-refractivity contribution in [2.45, 2.75) is 50.9 Å². The molecule has 1 N–H and O–H groups in total. The molecule has 4 rings (SSSR count). The molecule has 2 saturated carbocycles. The van der Waals surface area contributed by atoms with Crippen LogP contribution in [0.4, 0.5) is 0 Å². The molecular formula is C17H20O2. The van der Waals surface area contributed by atoms with E-state index in [1.54, 1.807) is 0 Å². The molecule has 0 aromatic heterocycles. The van der Waals surface area contributed by atoms with Gasteiger partial charge in [0.05, 0.1) is 0 Å². The Morgan fingerprint density at radius 3 is 2.79 bits per heavy atom. The SMILES string of the molecule is O=C1CC[C@]12CCC1CCc3cc(O)ccc3C1C2. The molecule has 0 bridgehead atoms. The van der Waals surface area contributed by atoms with E-state index >= 15 is 0 Å². The van der Waals surface area contributed by atoms with E-state index in [2.05, 4.69) is 6.07 Å². The third-order valence-corrected chi connectivity index (χ3v) is 5.91. The molecule has 3 atom stereocenters. The van der Waals surface area contributed by atoms with Crippen molar-refractivity contribution in [1.29, 1.82) is 0 Å². The zero-order valence-electron chi connectivity index (χ0n) is 11.2. The topological polar surface area (TPSA) is 37.3 Å². The van der Waals surface area contributed by atoms with Crippen LogP contribution in [0.3, 0.4) is 0 Å². The molecule has 0 amide bonds. The van der Waals surface area contributed by atoms with Crippen molar-refractivity contribution in [2.75, 3.05) is 0 Å². The van der Waals surface area contributed by atoms with Crippen molar-refractivity contribution in [2.24, 2.45) is 11.3 Å². The quantitative estimate of drug-likeness (QED) is 0.770. The molecule has 2 nitrogen and oxygen atoms in total. The number of phenolic OH excluding ortho intramolecular Hbond substituents is 1. The molecule has 1 aromatic carbocycles. The molecule has 2 fully saturated rings. The van der Waals surface area contributed by atoms with Crippen LogP contribution in [0, 0.1) is 11.3 Å². The minimum absolute atomic E-state index is 0.0354. The Balaban J connectivity index is 1.71. The molecular weight excluding hydrogens is 236 g/mol. The summed E-state index contributed by atoms with van der Waals surface area (Å²) in [7, 11) is 0. The van der Waals surface area contributed by atoms with Crippen LogP contribution in [0.25, 0.3) is 0 Å². The highest BCUT2D eigenvalue weighted by Gasteiger charge is 2.51. The molecule has 100 valence electrons. The Labute approximate surface area is 113 Å². The van der Waals surface area contributed by atoms with Crippen LogP contribution in [0.15, 0.2) is 18.2 Å². The number of Topliss-reactive ketones (excluding diaryl/α,β-unsaturated/α-hetero) is 1. The molecule has 2 unspecified atom stereocenters. The van der Waals surface area contributed by atoms with Gasteiger partial charge in [-0.15, -0.1) is 0 Å². The van der Waals surface area contributed by atoms with Crippen molar-refractivity contribution in [1.82, 2.24) is 0 Å². The number of ketones is 1. The summed E-state index contributed by atoms with van der Waals surface area (Å²) in [6.07, 6.45) is 7.64. The van der Waals surface area contributed by atoms with Crippen molar-refractivity contribution in [3.63, 3.8) is 0 Å². The first-order chi connectivity index (χ1) is 9.18. The monoisotopic (exact) mass is 256 g/mol. The van der Waals surface area contributed by atoms with Gasteiger partial charge in [0.2, 0.25) is 0 Å².